The lowest BCUT2D eigenvalue weighted by Gasteiger charge is -2.39. The second kappa shape index (κ2) is 7.65. The zero-order valence-corrected chi connectivity index (χ0v) is 14.4. The zero-order valence-electron chi connectivity index (χ0n) is 12.8. The molecule has 2 heterocycles. The molecule has 0 bridgehead atoms. The Morgan fingerprint density at radius 2 is 1.72 bits per heavy atom. The van der Waals surface area contributed by atoms with Crippen LogP contribution < -0.4 is 5.14 Å². The first-order chi connectivity index (χ1) is 11.4. The van der Waals surface area contributed by atoms with Crippen LogP contribution in [0.2, 0.25) is 0 Å². The summed E-state index contributed by atoms with van der Waals surface area (Å²) in [5, 5.41) is 42.8. The van der Waals surface area contributed by atoms with Crippen LogP contribution in [0, 0.1) is 0 Å². The van der Waals surface area contributed by atoms with Gasteiger partial charge in [-0.25, -0.2) is 9.32 Å². The fraction of sp³-hybridized carbons (Fsp3) is 1.00. The van der Waals surface area contributed by atoms with Gasteiger partial charge in [-0.05, 0) is 6.42 Å². The van der Waals surface area contributed by atoms with E-state index in [1.165, 1.54) is 0 Å². The molecule has 15 heteroatoms. The predicted octanol–water partition coefficient (Wildman–Crippen LogP) is -4.66. The first kappa shape index (κ1) is 20.8. The molecule has 0 saturated carbocycles. The van der Waals surface area contributed by atoms with Gasteiger partial charge in [0.15, 0.2) is 0 Å². The van der Waals surface area contributed by atoms with Gasteiger partial charge in [-0.1, -0.05) is 0 Å². The summed E-state index contributed by atoms with van der Waals surface area (Å²) in [4.78, 5) is 0. The summed E-state index contributed by atoms with van der Waals surface area (Å²) in [5.41, 5.74) is 0. The van der Waals surface area contributed by atoms with E-state index in [1.54, 1.807) is 0 Å². The molecule has 0 aliphatic carbocycles. The molecule has 2 saturated heterocycles. The van der Waals surface area contributed by atoms with E-state index in [9.17, 15) is 32.2 Å². The summed E-state index contributed by atoms with van der Waals surface area (Å²) >= 11 is 0. The van der Waals surface area contributed by atoms with Crippen LogP contribution in [0.3, 0.4) is 0 Å². The Hall–Kier alpha value is -0.460. The molecule has 2 rings (SSSR count). The number of nitrogens with zero attached hydrogens (tertiary/aromatic N) is 1. The summed E-state index contributed by atoms with van der Waals surface area (Å²) in [6.45, 7) is -1.25. The molecule has 0 aromatic carbocycles. The maximum atomic E-state index is 12.2. The van der Waals surface area contributed by atoms with E-state index in [2.05, 4.69) is 4.18 Å². The Kier molecular flexibility index (Phi) is 6.38. The second-order valence-electron chi connectivity index (χ2n) is 5.61. The van der Waals surface area contributed by atoms with Gasteiger partial charge in [-0.2, -0.15) is 21.1 Å². The Morgan fingerprint density at radius 1 is 1.08 bits per heavy atom. The third kappa shape index (κ3) is 5.04. The average molecular weight is 408 g/mol. The van der Waals surface area contributed by atoms with Crippen LogP contribution >= 0.6 is 0 Å². The van der Waals surface area contributed by atoms with Crippen molar-refractivity contribution in [2.24, 2.45) is 5.14 Å². The monoisotopic (exact) mass is 408 g/mol. The van der Waals surface area contributed by atoms with Gasteiger partial charge in [0.2, 0.25) is 6.29 Å². The molecule has 0 unspecified atom stereocenters. The third-order valence-electron chi connectivity index (χ3n) is 3.76. The van der Waals surface area contributed by atoms with E-state index in [4.69, 9.17) is 19.2 Å². The van der Waals surface area contributed by atoms with Crippen LogP contribution in [0.15, 0.2) is 0 Å². The molecular weight excluding hydrogens is 388 g/mol. The molecule has 0 amide bonds. The molecule has 0 aromatic rings. The van der Waals surface area contributed by atoms with Crippen molar-refractivity contribution in [3.8, 4) is 0 Å². The van der Waals surface area contributed by atoms with Crippen molar-refractivity contribution < 1.29 is 50.4 Å². The van der Waals surface area contributed by atoms with Gasteiger partial charge in [0.25, 0.3) is 0 Å². The van der Waals surface area contributed by atoms with Gasteiger partial charge < -0.3 is 25.2 Å². The molecule has 0 radical (unpaired) electrons. The summed E-state index contributed by atoms with van der Waals surface area (Å²) < 4.78 is 61.1. The lowest BCUT2D eigenvalue weighted by Crippen LogP contribution is -2.59. The smallest absolute Gasteiger partial charge is 0.341 e. The van der Waals surface area contributed by atoms with E-state index in [-0.39, 0.29) is 19.5 Å². The van der Waals surface area contributed by atoms with E-state index in [0.717, 1.165) is 4.31 Å². The Labute approximate surface area is 144 Å². The minimum Gasteiger partial charge on any atom is -0.394 e. The number of rotatable bonds is 6. The van der Waals surface area contributed by atoms with Crippen LogP contribution in [0.1, 0.15) is 6.42 Å². The van der Waals surface area contributed by atoms with E-state index in [1.807, 2.05) is 0 Å². The Bertz CT molecular complexity index is 666. The largest absolute Gasteiger partial charge is 0.394 e. The van der Waals surface area contributed by atoms with Crippen LogP contribution in [0.4, 0.5) is 0 Å². The van der Waals surface area contributed by atoms with Gasteiger partial charge in [0.05, 0.1) is 12.7 Å². The second-order valence-corrected chi connectivity index (χ2v) is 8.35. The van der Waals surface area contributed by atoms with Gasteiger partial charge in [-0.3, -0.25) is 4.18 Å². The van der Waals surface area contributed by atoms with Crippen molar-refractivity contribution in [2.45, 2.75) is 43.2 Å². The highest BCUT2D eigenvalue weighted by Crippen LogP contribution is 2.26. The van der Waals surface area contributed by atoms with Crippen molar-refractivity contribution in [2.75, 3.05) is 19.7 Å². The molecule has 6 N–H and O–H groups in total. The van der Waals surface area contributed by atoms with Crippen LogP contribution in [-0.2, 0) is 33.7 Å². The molecule has 25 heavy (non-hydrogen) atoms. The minimum atomic E-state index is -4.50. The highest BCUT2D eigenvalue weighted by Gasteiger charge is 2.47. The molecule has 148 valence electrons. The molecule has 2 fully saturated rings. The average Bonchev–Trinajstić information content (AvgIpc) is 2.95. The molecule has 13 nitrogen and oxygen atoms in total. The molecule has 2 aliphatic heterocycles. The fourth-order valence-corrected chi connectivity index (χ4v) is 4.23. The first-order valence-corrected chi connectivity index (χ1v) is 9.98. The molecule has 6 atom stereocenters. The molecule has 0 aromatic heterocycles. The molecular formula is C10H20N2O11S2. The summed E-state index contributed by atoms with van der Waals surface area (Å²) in [5.74, 6) is 0. The Morgan fingerprint density at radius 3 is 2.28 bits per heavy atom. The number of aliphatic hydroxyl groups excluding tert-OH is 4. The number of aliphatic hydroxyl groups is 4. The topological polar surface area (TPSA) is 206 Å². The van der Waals surface area contributed by atoms with E-state index >= 15 is 0 Å². The lowest BCUT2D eigenvalue weighted by molar-refractivity contribution is -0.277. The Balaban J connectivity index is 2.03. The van der Waals surface area contributed by atoms with Crippen LogP contribution in [-0.4, -0.2) is 98.1 Å². The highest BCUT2D eigenvalue weighted by atomic mass is 32.2. The van der Waals surface area contributed by atoms with Gasteiger partial charge in [0, 0.05) is 13.1 Å². The van der Waals surface area contributed by atoms with Gasteiger partial charge in [0.1, 0.15) is 24.4 Å². The maximum Gasteiger partial charge on any atom is 0.341 e. The van der Waals surface area contributed by atoms with Crippen LogP contribution in [0.25, 0.3) is 0 Å². The lowest BCUT2D eigenvalue weighted by atomic mass is 10.00. The van der Waals surface area contributed by atoms with E-state index in [0.29, 0.717) is 0 Å². The number of nitrogens with two attached hydrogens (primary N) is 1. The number of ether oxygens (including phenoxy) is 1. The first-order valence-electron chi connectivity index (χ1n) is 7.14. The minimum absolute atomic E-state index is 0.0354. The van der Waals surface area contributed by atoms with Crippen molar-refractivity contribution in [1.82, 2.24) is 4.31 Å². The van der Waals surface area contributed by atoms with Gasteiger partial charge in [-0.15, -0.1) is 0 Å². The summed E-state index contributed by atoms with van der Waals surface area (Å²) in [7, 11) is -8.75. The SMILES string of the molecule is NS(=O)(=O)O[C@@H]1CCN(S(=O)(=O)O[C@@H]2O[C@H](CO)[C@@H](O)[C@H](O)[C@H]2O)C1. The predicted molar refractivity (Wildman–Crippen MR) is 77.9 cm³/mol. The number of hydrogen-bond acceptors (Lipinski definition) is 11. The van der Waals surface area contributed by atoms with Crippen molar-refractivity contribution in [3.05, 3.63) is 0 Å². The van der Waals surface area contributed by atoms with E-state index < -0.39 is 64.0 Å². The normalized spacial score (nSPS) is 38.1. The van der Waals surface area contributed by atoms with Crippen LogP contribution in [0.5, 0.6) is 0 Å². The maximum absolute atomic E-state index is 12.2. The summed E-state index contributed by atoms with van der Waals surface area (Å²) in [6, 6.07) is 0. The van der Waals surface area contributed by atoms with Gasteiger partial charge >= 0.3 is 20.6 Å². The zero-order chi connectivity index (χ0) is 19.0. The number of hydrogen-bond donors (Lipinski definition) is 5. The van der Waals surface area contributed by atoms with Crippen molar-refractivity contribution >= 4 is 20.6 Å². The quantitative estimate of drug-likeness (QED) is 0.282. The summed E-state index contributed by atoms with van der Waals surface area (Å²) in [6.07, 6.45) is -9.54. The standard InChI is InChI=1S/C10H20N2O11S2/c11-24(17,18)22-5-1-2-12(3-5)25(19,20)23-10-9(16)8(15)7(14)6(4-13)21-10/h5-10,13-16H,1-4H2,(H2,11,17,18)/t5-,6-,7-,8+,9-,10+/m1/s1. The highest BCUT2D eigenvalue weighted by molar-refractivity contribution is 7.84. The van der Waals surface area contributed by atoms with Crippen molar-refractivity contribution in [1.29, 1.82) is 0 Å². The molecule has 2 aliphatic rings. The third-order valence-corrected chi connectivity index (χ3v) is 5.70. The molecule has 0 spiro atoms. The fourth-order valence-electron chi connectivity index (χ4n) is 2.50. The van der Waals surface area contributed by atoms with Crippen molar-refractivity contribution in [3.63, 3.8) is 0 Å².